The number of hydrogen-bond donors (Lipinski definition) is 2. The molecule has 11 nitrogen and oxygen atoms in total. The molecule has 2 aliphatic rings. The van der Waals surface area contributed by atoms with Crippen LogP contribution in [0.3, 0.4) is 0 Å². The Labute approximate surface area is 198 Å². The second kappa shape index (κ2) is 9.61. The summed E-state index contributed by atoms with van der Waals surface area (Å²) in [5, 5.41) is 15.4. The van der Waals surface area contributed by atoms with Gasteiger partial charge in [-0.05, 0) is 39.0 Å². The van der Waals surface area contributed by atoms with Gasteiger partial charge in [0.1, 0.15) is 5.60 Å². The van der Waals surface area contributed by atoms with Crippen LogP contribution >= 0.6 is 23.7 Å². The lowest BCUT2D eigenvalue weighted by Gasteiger charge is -2.51. The number of amides is 2. The average molecular weight is 499 g/mol. The average Bonchev–Trinajstić information content (AvgIpc) is 3.26. The molecule has 0 radical (unpaired) electrons. The number of furan rings is 1. The number of carbonyl (C=O) groups is 4. The number of quaternary nitrogens is 1. The van der Waals surface area contributed by atoms with Gasteiger partial charge in [-0.2, -0.15) is 0 Å². The topological polar surface area (TPSA) is 144 Å². The molecule has 13 heteroatoms. The van der Waals surface area contributed by atoms with E-state index in [-0.39, 0.29) is 17.2 Å². The van der Waals surface area contributed by atoms with Crippen LogP contribution in [0.2, 0.25) is 0 Å². The van der Waals surface area contributed by atoms with Crippen molar-refractivity contribution < 1.29 is 42.2 Å². The summed E-state index contributed by atoms with van der Waals surface area (Å²) >= 11 is 2.46. The predicted molar refractivity (Wildman–Crippen MR) is 120 cm³/mol. The Bertz CT molecular complexity index is 1020. The van der Waals surface area contributed by atoms with E-state index in [0.717, 1.165) is 11.9 Å². The van der Waals surface area contributed by atoms with Crippen LogP contribution in [0.4, 0.5) is 0 Å². The number of nitrogens with zero attached hydrogens (tertiary/aromatic N) is 2. The van der Waals surface area contributed by atoms with Crippen LogP contribution in [0, 0.1) is 0 Å². The zero-order valence-electron chi connectivity index (χ0n) is 18.4. The number of oxime groups is 1. The minimum absolute atomic E-state index is 0.0256. The molecule has 3 rings (SSSR count). The highest BCUT2D eigenvalue weighted by Crippen LogP contribution is 2.50. The number of carboxylic acids is 1. The van der Waals surface area contributed by atoms with E-state index in [9.17, 15) is 24.3 Å². The third kappa shape index (κ3) is 4.94. The number of aliphatic carboxylic acids is 1. The molecule has 1 saturated heterocycles. The Kier molecular flexibility index (Phi) is 7.24. The van der Waals surface area contributed by atoms with Crippen LogP contribution in [0.5, 0.6) is 0 Å². The van der Waals surface area contributed by atoms with Gasteiger partial charge in [-0.25, -0.2) is 14.4 Å². The largest absolute Gasteiger partial charge is 0.474 e. The van der Waals surface area contributed by atoms with Crippen LogP contribution in [0.15, 0.2) is 39.7 Å². The molecule has 178 valence electrons. The van der Waals surface area contributed by atoms with E-state index in [0.29, 0.717) is 5.75 Å². The fraction of sp³-hybridized carbons (Fsp3) is 0.450. The molecule has 1 aromatic heterocycles. The van der Waals surface area contributed by atoms with E-state index < -0.39 is 51.3 Å². The molecule has 0 saturated carbocycles. The summed E-state index contributed by atoms with van der Waals surface area (Å²) in [6.07, 6.45) is 4.49. The highest BCUT2D eigenvalue weighted by atomic mass is 32.2. The number of thioether (sulfide) groups is 1. The van der Waals surface area contributed by atoms with Crippen molar-refractivity contribution in [3.8, 4) is 0 Å². The molecule has 0 aromatic carbocycles. The number of rotatable bonds is 8. The Balaban J connectivity index is 1.75. The van der Waals surface area contributed by atoms with E-state index in [1.54, 1.807) is 27.0 Å². The monoisotopic (exact) mass is 498 g/mol. The molecule has 3 heterocycles. The van der Waals surface area contributed by atoms with Crippen LogP contribution in [-0.4, -0.2) is 74.1 Å². The fourth-order valence-electron chi connectivity index (χ4n) is 3.40. The number of carbonyl (C=O) groups excluding carboxylic acids is 3. The summed E-state index contributed by atoms with van der Waals surface area (Å²) in [4.78, 5) is 54.5. The van der Waals surface area contributed by atoms with Gasteiger partial charge < -0.3 is 24.4 Å². The van der Waals surface area contributed by atoms with Gasteiger partial charge >= 0.3 is 17.8 Å². The highest BCUT2D eigenvalue weighted by Gasteiger charge is 2.70. The number of β-lactam (4-membered cyclic amide) rings is 1. The maximum absolute atomic E-state index is 13.0. The van der Waals surface area contributed by atoms with Crippen molar-refractivity contribution in [1.82, 2.24) is 5.32 Å². The molecular formula is C20H24N3O8S2+. The van der Waals surface area contributed by atoms with Gasteiger partial charge in [0.25, 0.3) is 5.91 Å². The standard InChI is InChI=1S/C20H23N3O8S2/c1-20(2,3)31-13(24)10-30-22-14(12-6-5-8-29-12)16(25)21-15-17(26)23(32-4)11(19(27)28)7-9-33-18(15)23/h5-8,15,18H,9-10H2,1-4H3,(H-,21,25,27,28)/p+1/t15?,18-,23?/m0/s1. The summed E-state index contributed by atoms with van der Waals surface area (Å²) in [5.74, 6) is -2.62. The Morgan fingerprint density at radius 2 is 2.12 bits per heavy atom. The summed E-state index contributed by atoms with van der Waals surface area (Å²) in [6.45, 7) is 4.57. The van der Waals surface area contributed by atoms with Gasteiger partial charge in [0.05, 0.1) is 18.2 Å². The maximum Gasteiger partial charge on any atom is 0.391 e. The molecule has 33 heavy (non-hydrogen) atoms. The van der Waals surface area contributed by atoms with Crippen molar-refractivity contribution in [2.24, 2.45) is 5.16 Å². The molecule has 0 spiro atoms. The van der Waals surface area contributed by atoms with Crippen molar-refractivity contribution in [3.05, 3.63) is 35.9 Å². The molecule has 1 aromatic rings. The molecule has 3 atom stereocenters. The first-order chi connectivity index (χ1) is 15.5. The predicted octanol–water partition coefficient (Wildman–Crippen LogP) is 1.50. The van der Waals surface area contributed by atoms with Crippen LogP contribution in [0.1, 0.15) is 26.5 Å². The highest BCUT2D eigenvalue weighted by molar-refractivity contribution is 8.01. The second-order valence-corrected chi connectivity index (χ2v) is 10.1. The van der Waals surface area contributed by atoms with Crippen molar-refractivity contribution in [2.75, 3.05) is 18.6 Å². The fourth-order valence-corrected chi connectivity index (χ4v) is 6.07. The summed E-state index contributed by atoms with van der Waals surface area (Å²) in [7, 11) is 0. The number of ether oxygens (including phenoxy) is 1. The number of hydrogen-bond acceptors (Lipinski definition) is 10. The van der Waals surface area contributed by atoms with E-state index in [4.69, 9.17) is 14.0 Å². The number of carboxylic acid groups (broad SMARTS) is 1. The number of nitrogens with one attached hydrogen (secondary N) is 1. The van der Waals surface area contributed by atoms with Crippen LogP contribution in [0.25, 0.3) is 0 Å². The molecule has 0 bridgehead atoms. The summed E-state index contributed by atoms with van der Waals surface area (Å²) in [6, 6.07) is 2.07. The van der Waals surface area contributed by atoms with E-state index in [1.165, 1.54) is 36.2 Å². The first-order valence-corrected chi connectivity index (χ1v) is 12.1. The van der Waals surface area contributed by atoms with Gasteiger partial charge in [-0.1, -0.05) is 16.9 Å². The molecule has 2 unspecified atom stereocenters. The molecule has 2 N–H and O–H groups in total. The smallest absolute Gasteiger partial charge is 0.391 e. The second-order valence-electron chi connectivity index (χ2n) is 8.03. The zero-order valence-corrected chi connectivity index (χ0v) is 20.0. The third-order valence-electron chi connectivity index (χ3n) is 4.66. The Hall–Kier alpha value is -2.77. The van der Waals surface area contributed by atoms with Gasteiger partial charge in [0.2, 0.25) is 24.1 Å². The lowest BCUT2D eigenvalue weighted by atomic mass is 10.0. The SMILES string of the molecule is CS[N+]12C(=O)C(NC(=O)C(=NOCC(=O)OC(C)(C)C)c3ccco3)[C@@H]1SCC=C2C(=O)O. The van der Waals surface area contributed by atoms with E-state index in [2.05, 4.69) is 10.5 Å². The molecule has 1 fully saturated rings. The quantitative estimate of drug-likeness (QED) is 0.135. The maximum atomic E-state index is 13.0. The Morgan fingerprint density at radius 1 is 1.39 bits per heavy atom. The van der Waals surface area contributed by atoms with Crippen LogP contribution < -0.4 is 5.32 Å². The van der Waals surface area contributed by atoms with Crippen molar-refractivity contribution in [2.45, 2.75) is 37.8 Å². The lowest BCUT2D eigenvalue weighted by Crippen LogP contribution is -2.78. The molecule has 2 aliphatic heterocycles. The minimum atomic E-state index is -1.18. The van der Waals surface area contributed by atoms with Crippen molar-refractivity contribution in [3.63, 3.8) is 0 Å². The Morgan fingerprint density at radius 3 is 2.70 bits per heavy atom. The summed E-state index contributed by atoms with van der Waals surface area (Å²) in [5.41, 5.74) is -1.01. The first-order valence-electron chi connectivity index (χ1n) is 9.82. The third-order valence-corrected chi connectivity index (χ3v) is 7.26. The van der Waals surface area contributed by atoms with Crippen LogP contribution in [-0.2, 0) is 28.8 Å². The van der Waals surface area contributed by atoms with Gasteiger partial charge in [0, 0.05) is 12.0 Å². The first kappa shape index (κ1) is 24.9. The summed E-state index contributed by atoms with van der Waals surface area (Å²) < 4.78 is 9.94. The van der Waals surface area contributed by atoms with Crippen molar-refractivity contribution in [1.29, 1.82) is 0 Å². The van der Waals surface area contributed by atoms with Gasteiger partial charge in [0.15, 0.2) is 11.1 Å². The number of fused-ring (bicyclic) bond motifs is 1. The van der Waals surface area contributed by atoms with E-state index in [1.807, 2.05) is 0 Å². The van der Waals surface area contributed by atoms with Crippen molar-refractivity contribution >= 4 is 53.2 Å². The molecule has 2 amide bonds. The number of esters is 1. The van der Waals surface area contributed by atoms with Gasteiger partial charge in [-0.3, -0.25) is 4.79 Å². The lowest BCUT2D eigenvalue weighted by molar-refractivity contribution is -0.719. The normalized spacial score (nSPS) is 24.8. The molecule has 0 aliphatic carbocycles. The van der Waals surface area contributed by atoms with Gasteiger partial charge in [-0.15, -0.1) is 3.89 Å². The zero-order chi connectivity index (χ0) is 24.4. The minimum Gasteiger partial charge on any atom is -0.474 e. The van der Waals surface area contributed by atoms with E-state index >= 15 is 0 Å². The molecular weight excluding hydrogens is 474 g/mol.